The summed E-state index contributed by atoms with van der Waals surface area (Å²) < 4.78 is 5.56. The van der Waals surface area contributed by atoms with Crippen LogP contribution in [-0.4, -0.2) is 52.7 Å². The van der Waals surface area contributed by atoms with E-state index < -0.39 is 36.0 Å². The molecule has 35 heavy (non-hydrogen) atoms. The van der Waals surface area contributed by atoms with E-state index in [-0.39, 0.29) is 31.3 Å². The molecule has 9 nitrogen and oxygen atoms in total. The molecule has 2 aromatic rings. The molecule has 1 aliphatic carbocycles. The van der Waals surface area contributed by atoms with Crippen LogP contribution in [0.3, 0.4) is 0 Å². The maximum Gasteiger partial charge on any atom is 0.407 e. The third kappa shape index (κ3) is 5.13. The Balaban J connectivity index is 1.45. The van der Waals surface area contributed by atoms with E-state index in [1.165, 1.54) is 0 Å². The van der Waals surface area contributed by atoms with E-state index in [2.05, 4.69) is 10.7 Å². The SMILES string of the molecule is CC(C)CCC(NC(=O)OCC1c2ccccc2-c2ccccc21)C(=O)N1NC(=O)CC1C(=O)O. The van der Waals surface area contributed by atoms with E-state index in [1.807, 2.05) is 62.4 Å². The largest absolute Gasteiger partial charge is 0.480 e. The molecule has 3 N–H and O–H groups in total. The summed E-state index contributed by atoms with van der Waals surface area (Å²) in [5, 5.41) is 12.8. The molecule has 3 amide bonds. The van der Waals surface area contributed by atoms with Crippen molar-refractivity contribution >= 4 is 23.9 Å². The maximum atomic E-state index is 13.1. The Hall–Kier alpha value is -3.88. The lowest BCUT2D eigenvalue weighted by Crippen LogP contribution is -2.55. The Morgan fingerprint density at radius 1 is 1.06 bits per heavy atom. The third-order valence-corrected chi connectivity index (χ3v) is 6.42. The molecule has 0 radical (unpaired) electrons. The van der Waals surface area contributed by atoms with E-state index in [9.17, 15) is 24.3 Å². The number of carbonyl (C=O) groups is 4. The standard InChI is InChI=1S/C26H29N3O6/c1-15(2)11-12-21(24(31)29-22(25(32)33)13-23(30)28-29)27-26(34)35-14-20-18-9-5-3-7-16(18)17-8-4-6-10-19(17)20/h3-10,15,20-22H,11-14H2,1-2H3,(H,27,34)(H,28,30)(H,32,33). The van der Waals surface area contributed by atoms with Crippen molar-refractivity contribution in [3.05, 3.63) is 59.7 Å². The number of carboxylic acids is 1. The number of fused-ring (bicyclic) bond motifs is 3. The Labute approximate surface area is 203 Å². The number of carboxylic acid groups (broad SMARTS) is 1. The Morgan fingerprint density at radius 2 is 1.66 bits per heavy atom. The summed E-state index contributed by atoms with van der Waals surface area (Å²) in [6.07, 6.45) is -0.214. The molecule has 184 valence electrons. The first-order valence-electron chi connectivity index (χ1n) is 11.7. The number of nitrogens with one attached hydrogen (secondary N) is 2. The van der Waals surface area contributed by atoms with Crippen molar-refractivity contribution in [2.75, 3.05) is 6.61 Å². The minimum absolute atomic E-state index is 0.0865. The van der Waals surface area contributed by atoms with Gasteiger partial charge in [0, 0.05) is 5.92 Å². The van der Waals surface area contributed by atoms with E-state index in [4.69, 9.17) is 4.74 Å². The molecule has 4 rings (SSSR count). The van der Waals surface area contributed by atoms with Crippen molar-refractivity contribution in [3.63, 3.8) is 0 Å². The number of hydrazine groups is 1. The molecule has 2 atom stereocenters. The summed E-state index contributed by atoms with van der Waals surface area (Å²) >= 11 is 0. The quantitative estimate of drug-likeness (QED) is 0.535. The molecule has 2 aromatic carbocycles. The van der Waals surface area contributed by atoms with Crippen molar-refractivity contribution in [3.8, 4) is 11.1 Å². The molecule has 1 heterocycles. The molecule has 0 aromatic heterocycles. The van der Waals surface area contributed by atoms with Crippen molar-refractivity contribution in [2.45, 2.75) is 51.1 Å². The highest BCUT2D eigenvalue weighted by molar-refractivity contribution is 5.96. The summed E-state index contributed by atoms with van der Waals surface area (Å²) in [7, 11) is 0. The van der Waals surface area contributed by atoms with Crippen molar-refractivity contribution in [2.24, 2.45) is 5.92 Å². The molecular formula is C26H29N3O6. The van der Waals surface area contributed by atoms with Gasteiger partial charge in [0.2, 0.25) is 5.91 Å². The molecule has 0 spiro atoms. The highest BCUT2D eigenvalue weighted by atomic mass is 16.5. The fraction of sp³-hybridized carbons (Fsp3) is 0.385. The summed E-state index contributed by atoms with van der Waals surface area (Å²) in [5.41, 5.74) is 6.64. The Kier molecular flexibility index (Phi) is 7.04. The lowest BCUT2D eigenvalue weighted by molar-refractivity contribution is -0.151. The van der Waals surface area contributed by atoms with Gasteiger partial charge in [-0.25, -0.2) is 14.6 Å². The second-order valence-corrected chi connectivity index (χ2v) is 9.30. The van der Waals surface area contributed by atoms with Crippen molar-refractivity contribution < 1.29 is 29.0 Å². The minimum atomic E-state index is -1.32. The number of nitrogens with zero attached hydrogens (tertiary/aromatic N) is 1. The van der Waals surface area contributed by atoms with Gasteiger partial charge >= 0.3 is 12.1 Å². The van der Waals surface area contributed by atoms with Crippen LogP contribution in [0.4, 0.5) is 4.79 Å². The van der Waals surface area contributed by atoms with Gasteiger partial charge in [0.1, 0.15) is 12.6 Å². The average Bonchev–Trinajstić information content (AvgIpc) is 3.38. The van der Waals surface area contributed by atoms with Gasteiger partial charge in [-0.1, -0.05) is 62.4 Å². The van der Waals surface area contributed by atoms with Crippen LogP contribution >= 0.6 is 0 Å². The second-order valence-electron chi connectivity index (χ2n) is 9.30. The molecular weight excluding hydrogens is 450 g/mol. The third-order valence-electron chi connectivity index (χ3n) is 6.42. The predicted molar refractivity (Wildman–Crippen MR) is 127 cm³/mol. The number of hydrogen-bond acceptors (Lipinski definition) is 5. The number of alkyl carbamates (subject to hydrolysis) is 1. The number of ether oxygens (including phenoxy) is 1. The van der Waals surface area contributed by atoms with Gasteiger partial charge in [0.05, 0.1) is 6.42 Å². The molecule has 1 fully saturated rings. The van der Waals surface area contributed by atoms with Crippen LogP contribution < -0.4 is 10.7 Å². The monoisotopic (exact) mass is 479 g/mol. The summed E-state index contributed by atoms with van der Waals surface area (Å²) in [4.78, 5) is 49.2. The lowest BCUT2D eigenvalue weighted by atomic mass is 9.98. The van der Waals surface area contributed by atoms with Crippen molar-refractivity contribution in [1.82, 2.24) is 15.8 Å². The minimum Gasteiger partial charge on any atom is -0.480 e. The van der Waals surface area contributed by atoms with Crippen molar-refractivity contribution in [1.29, 1.82) is 0 Å². The van der Waals surface area contributed by atoms with Crippen LogP contribution in [0.1, 0.15) is 50.2 Å². The van der Waals surface area contributed by atoms with E-state index in [0.29, 0.717) is 6.42 Å². The van der Waals surface area contributed by atoms with Gasteiger partial charge in [-0.15, -0.1) is 0 Å². The van der Waals surface area contributed by atoms with E-state index in [0.717, 1.165) is 27.3 Å². The predicted octanol–water partition coefficient (Wildman–Crippen LogP) is 3.05. The highest BCUT2D eigenvalue weighted by Crippen LogP contribution is 2.44. The molecule has 1 aliphatic heterocycles. The zero-order valence-electron chi connectivity index (χ0n) is 19.7. The second kappa shape index (κ2) is 10.2. The van der Waals surface area contributed by atoms with Gasteiger partial charge in [-0.05, 0) is 41.0 Å². The zero-order valence-corrected chi connectivity index (χ0v) is 19.7. The fourth-order valence-electron chi connectivity index (χ4n) is 4.64. The first-order chi connectivity index (χ1) is 16.8. The van der Waals surface area contributed by atoms with Crippen LogP contribution in [-0.2, 0) is 19.1 Å². The Bertz CT molecular complexity index is 1100. The number of aliphatic carboxylic acids is 1. The molecule has 0 bridgehead atoms. The first-order valence-corrected chi connectivity index (χ1v) is 11.7. The van der Waals surface area contributed by atoms with Crippen LogP contribution in [0.15, 0.2) is 48.5 Å². The number of hydrogen-bond donors (Lipinski definition) is 3. The van der Waals surface area contributed by atoms with Crippen LogP contribution in [0.5, 0.6) is 0 Å². The summed E-state index contributed by atoms with van der Waals surface area (Å²) in [6, 6.07) is 13.6. The molecule has 9 heteroatoms. The maximum absolute atomic E-state index is 13.1. The van der Waals surface area contributed by atoms with Gasteiger partial charge in [-0.3, -0.25) is 15.0 Å². The zero-order chi connectivity index (χ0) is 25.1. The van der Waals surface area contributed by atoms with E-state index in [1.54, 1.807) is 0 Å². The molecule has 2 unspecified atom stereocenters. The van der Waals surface area contributed by atoms with E-state index >= 15 is 0 Å². The van der Waals surface area contributed by atoms with Gasteiger partial charge in [0.25, 0.3) is 5.91 Å². The fourth-order valence-corrected chi connectivity index (χ4v) is 4.64. The van der Waals surface area contributed by atoms with Crippen LogP contribution in [0.25, 0.3) is 11.1 Å². The van der Waals surface area contributed by atoms with Gasteiger partial charge < -0.3 is 15.2 Å². The first kappa shape index (κ1) is 24.3. The number of rotatable bonds is 8. The number of benzene rings is 2. The Morgan fingerprint density at radius 3 is 2.23 bits per heavy atom. The smallest absolute Gasteiger partial charge is 0.407 e. The van der Waals surface area contributed by atoms with Crippen LogP contribution in [0.2, 0.25) is 0 Å². The van der Waals surface area contributed by atoms with Crippen LogP contribution in [0, 0.1) is 5.92 Å². The normalized spacial score (nSPS) is 17.5. The number of amides is 3. The van der Waals surface area contributed by atoms with Gasteiger partial charge in [0.15, 0.2) is 6.04 Å². The van der Waals surface area contributed by atoms with Gasteiger partial charge in [-0.2, -0.15) is 0 Å². The topological polar surface area (TPSA) is 125 Å². The lowest BCUT2D eigenvalue weighted by Gasteiger charge is -2.26. The molecule has 2 aliphatic rings. The molecule has 1 saturated heterocycles. The highest BCUT2D eigenvalue weighted by Gasteiger charge is 2.42. The summed E-state index contributed by atoms with van der Waals surface area (Å²) in [6.45, 7) is 4.04. The number of carbonyl (C=O) groups excluding carboxylic acids is 3. The summed E-state index contributed by atoms with van der Waals surface area (Å²) in [5.74, 6) is -2.42. The average molecular weight is 480 g/mol. The molecule has 0 saturated carbocycles.